The average Bonchev–Trinajstić information content (AvgIpc) is 3.18. The largest absolute Gasteiger partial charge is 0.496 e. The van der Waals surface area contributed by atoms with Gasteiger partial charge in [0.15, 0.2) is 0 Å². The molecule has 6 heteroatoms. The molecule has 1 unspecified atom stereocenters. The lowest BCUT2D eigenvalue weighted by Crippen LogP contribution is -2.25. The van der Waals surface area contributed by atoms with E-state index in [-0.39, 0.29) is 11.1 Å². The normalized spacial score (nSPS) is 12.5. The van der Waals surface area contributed by atoms with Gasteiger partial charge in [-0.15, -0.1) is 22.9 Å². The number of methoxy groups -OCH3 is 1. The van der Waals surface area contributed by atoms with Crippen LogP contribution in [-0.4, -0.2) is 24.1 Å². The van der Waals surface area contributed by atoms with E-state index in [2.05, 4.69) is 28.5 Å². The van der Waals surface area contributed by atoms with Crippen LogP contribution in [0.1, 0.15) is 12.5 Å². The topological polar surface area (TPSA) is 54.1 Å². The Morgan fingerprint density at radius 1 is 1.25 bits per heavy atom. The second-order valence-electron chi connectivity index (χ2n) is 6.61. The number of thiophene rings is 1. The van der Waals surface area contributed by atoms with E-state index in [1.54, 1.807) is 7.11 Å². The zero-order valence-electron chi connectivity index (χ0n) is 15.7. The van der Waals surface area contributed by atoms with Crippen molar-refractivity contribution >= 4 is 43.9 Å². The van der Waals surface area contributed by atoms with Gasteiger partial charge in [-0.3, -0.25) is 4.79 Å². The maximum Gasteiger partial charge on any atom is 0.266 e. The van der Waals surface area contributed by atoms with E-state index in [1.807, 2.05) is 36.6 Å². The molecule has 2 N–H and O–H groups in total. The van der Waals surface area contributed by atoms with Gasteiger partial charge in [-0.05, 0) is 41.3 Å². The van der Waals surface area contributed by atoms with Gasteiger partial charge in [0.05, 0.1) is 12.6 Å². The molecule has 1 atom stereocenters. The molecule has 0 amide bonds. The number of hydrogen-bond donors (Lipinski definition) is 2. The third-order valence-electron chi connectivity index (χ3n) is 4.83. The Labute approximate surface area is 172 Å². The lowest BCUT2D eigenvalue weighted by molar-refractivity contribution is 0.417. The van der Waals surface area contributed by atoms with Crippen LogP contribution in [0.3, 0.4) is 0 Å². The highest BCUT2D eigenvalue weighted by Gasteiger charge is 2.17. The number of aromatic nitrogens is 1. The Bertz CT molecular complexity index is 1200. The molecule has 0 saturated carbocycles. The van der Waals surface area contributed by atoms with Gasteiger partial charge in [0, 0.05) is 28.3 Å². The number of halogens is 1. The molecule has 144 valence electrons. The smallest absolute Gasteiger partial charge is 0.266 e. The van der Waals surface area contributed by atoms with Crippen molar-refractivity contribution in [3.05, 3.63) is 63.8 Å². The molecule has 4 nitrogen and oxygen atoms in total. The van der Waals surface area contributed by atoms with Crippen LogP contribution in [0.4, 0.5) is 0 Å². The van der Waals surface area contributed by atoms with Crippen LogP contribution >= 0.6 is 22.9 Å². The van der Waals surface area contributed by atoms with E-state index in [9.17, 15) is 4.79 Å². The standard InChI is InChI=1S/C22H21ClN2O2S/c1-3-24-18(23)12-13-5-4-6-14(11-13)19-17(27-2)8-7-16-20(19)15-9-10-28-21(15)22(26)25-16/h4-11,18,24H,3,12H2,1-2H3,(H,25,26). The molecule has 4 aromatic rings. The predicted octanol–water partition coefficient (Wildman–Crippen LogP) is 5.14. The van der Waals surface area contributed by atoms with Crippen LogP contribution in [0.15, 0.2) is 52.6 Å². The monoisotopic (exact) mass is 412 g/mol. The molecule has 4 rings (SSSR count). The summed E-state index contributed by atoms with van der Waals surface area (Å²) in [5.41, 5.74) is 3.80. The maximum absolute atomic E-state index is 12.4. The van der Waals surface area contributed by atoms with Crippen molar-refractivity contribution in [2.75, 3.05) is 13.7 Å². The highest BCUT2D eigenvalue weighted by atomic mass is 35.5. The van der Waals surface area contributed by atoms with Crippen LogP contribution in [-0.2, 0) is 6.42 Å². The van der Waals surface area contributed by atoms with Crippen molar-refractivity contribution in [1.29, 1.82) is 0 Å². The second-order valence-corrected chi connectivity index (χ2v) is 8.06. The first-order valence-corrected chi connectivity index (χ1v) is 10.5. The number of nitrogens with one attached hydrogen (secondary N) is 2. The summed E-state index contributed by atoms with van der Waals surface area (Å²) in [7, 11) is 1.67. The highest BCUT2D eigenvalue weighted by molar-refractivity contribution is 7.17. The van der Waals surface area contributed by atoms with Gasteiger partial charge in [0.1, 0.15) is 10.4 Å². The van der Waals surface area contributed by atoms with E-state index in [1.165, 1.54) is 11.3 Å². The number of hydrogen-bond acceptors (Lipinski definition) is 4. The number of likely N-dealkylation sites (N-methyl/N-ethyl adjacent to an activating group) is 1. The second kappa shape index (κ2) is 7.95. The van der Waals surface area contributed by atoms with Gasteiger partial charge in [0.2, 0.25) is 0 Å². The number of ether oxygens (including phenoxy) is 1. The van der Waals surface area contributed by atoms with Gasteiger partial charge in [-0.2, -0.15) is 0 Å². The van der Waals surface area contributed by atoms with E-state index >= 15 is 0 Å². The van der Waals surface area contributed by atoms with Gasteiger partial charge in [-0.1, -0.05) is 31.2 Å². The molecule has 0 saturated heterocycles. The molecule has 0 bridgehead atoms. The summed E-state index contributed by atoms with van der Waals surface area (Å²) in [4.78, 5) is 15.4. The molecule has 2 aromatic heterocycles. The number of rotatable bonds is 6. The van der Waals surface area contributed by atoms with Crippen molar-refractivity contribution in [2.45, 2.75) is 18.8 Å². The van der Waals surface area contributed by atoms with Crippen LogP contribution in [0, 0.1) is 0 Å². The fraction of sp³-hybridized carbons (Fsp3) is 0.227. The molecular formula is C22H21ClN2O2S. The Morgan fingerprint density at radius 2 is 2.11 bits per heavy atom. The summed E-state index contributed by atoms with van der Waals surface area (Å²) >= 11 is 7.83. The van der Waals surface area contributed by atoms with Gasteiger partial charge >= 0.3 is 0 Å². The molecule has 0 aliphatic heterocycles. The van der Waals surface area contributed by atoms with E-state index in [0.29, 0.717) is 0 Å². The zero-order chi connectivity index (χ0) is 19.7. The Kier molecular flexibility index (Phi) is 5.40. The number of pyridine rings is 1. The number of benzene rings is 2. The minimum atomic E-state index is -0.116. The van der Waals surface area contributed by atoms with Gasteiger partial charge < -0.3 is 15.0 Å². The minimum absolute atomic E-state index is 0.0574. The SMILES string of the molecule is CCNC(Cl)Cc1cccc(-c2c(OC)ccc3[nH]c(=O)c4sccc4c23)c1. The first-order chi connectivity index (χ1) is 13.6. The van der Waals surface area contributed by atoms with Crippen molar-refractivity contribution in [3.8, 4) is 16.9 Å². The fourth-order valence-electron chi connectivity index (χ4n) is 3.64. The predicted molar refractivity (Wildman–Crippen MR) is 119 cm³/mol. The third kappa shape index (κ3) is 3.41. The van der Waals surface area contributed by atoms with E-state index < -0.39 is 0 Å². The van der Waals surface area contributed by atoms with Crippen LogP contribution in [0.5, 0.6) is 5.75 Å². The number of aromatic amines is 1. The molecule has 0 radical (unpaired) electrons. The summed E-state index contributed by atoms with van der Waals surface area (Å²) < 4.78 is 6.42. The summed E-state index contributed by atoms with van der Waals surface area (Å²) in [6.07, 6.45) is 0.723. The quantitative estimate of drug-likeness (QED) is 0.340. The van der Waals surface area contributed by atoms with Crippen molar-refractivity contribution in [2.24, 2.45) is 0 Å². The van der Waals surface area contributed by atoms with Gasteiger partial charge in [-0.25, -0.2) is 0 Å². The van der Waals surface area contributed by atoms with Gasteiger partial charge in [0.25, 0.3) is 5.56 Å². The van der Waals surface area contributed by atoms with Crippen molar-refractivity contribution in [3.63, 3.8) is 0 Å². The zero-order valence-corrected chi connectivity index (χ0v) is 17.3. The Hall–Kier alpha value is -2.34. The number of fused-ring (bicyclic) bond motifs is 3. The van der Waals surface area contributed by atoms with Crippen molar-refractivity contribution in [1.82, 2.24) is 10.3 Å². The molecule has 0 aliphatic carbocycles. The first-order valence-electron chi connectivity index (χ1n) is 9.19. The minimum Gasteiger partial charge on any atom is -0.496 e. The third-order valence-corrected chi connectivity index (χ3v) is 6.05. The van der Waals surface area contributed by atoms with Crippen LogP contribution in [0.2, 0.25) is 0 Å². The molecule has 2 aromatic carbocycles. The summed E-state index contributed by atoms with van der Waals surface area (Å²) in [5, 5.41) is 7.14. The fourth-order valence-corrected chi connectivity index (χ4v) is 4.77. The molecule has 2 heterocycles. The molecule has 0 aliphatic rings. The lowest BCUT2D eigenvalue weighted by atomic mass is 9.95. The van der Waals surface area contributed by atoms with Crippen molar-refractivity contribution < 1.29 is 4.74 Å². The Morgan fingerprint density at radius 3 is 2.89 bits per heavy atom. The maximum atomic E-state index is 12.4. The number of H-pyrrole nitrogens is 1. The first kappa shape index (κ1) is 19.0. The molecule has 28 heavy (non-hydrogen) atoms. The summed E-state index contributed by atoms with van der Waals surface area (Å²) in [6.45, 7) is 2.87. The number of alkyl halides is 1. The highest BCUT2D eigenvalue weighted by Crippen LogP contribution is 2.40. The lowest BCUT2D eigenvalue weighted by Gasteiger charge is -2.15. The molecule has 0 fully saturated rings. The van der Waals surface area contributed by atoms with Crippen LogP contribution < -0.4 is 15.6 Å². The summed E-state index contributed by atoms with van der Waals surface area (Å²) in [5.74, 6) is 0.776. The molecular weight excluding hydrogens is 392 g/mol. The van der Waals surface area contributed by atoms with E-state index in [0.717, 1.165) is 56.4 Å². The Balaban J connectivity index is 1.95. The summed E-state index contributed by atoms with van der Waals surface area (Å²) in [6, 6.07) is 14.1. The van der Waals surface area contributed by atoms with Crippen LogP contribution in [0.25, 0.3) is 32.1 Å². The average molecular weight is 413 g/mol. The van der Waals surface area contributed by atoms with E-state index in [4.69, 9.17) is 16.3 Å². The molecule has 0 spiro atoms.